The van der Waals surface area contributed by atoms with Gasteiger partial charge in [0.05, 0.1) is 0 Å². The predicted molar refractivity (Wildman–Crippen MR) is 70.0 cm³/mol. The average Bonchev–Trinajstić information content (AvgIpc) is 2.37. The topological polar surface area (TPSA) is 36.7 Å². The molecule has 0 radical (unpaired) electrons. The zero-order valence-electron chi connectivity index (χ0n) is 8.93. The molecule has 0 unspecified atom stereocenters. The first kappa shape index (κ1) is 12.0. The van der Waals surface area contributed by atoms with Crippen LogP contribution in [0.1, 0.15) is 11.3 Å². The van der Waals surface area contributed by atoms with E-state index in [4.69, 9.17) is 16.9 Å². The summed E-state index contributed by atoms with van der Waals surface area (Å²) >= 11 is 7.57. The van der Waals surface area contributed by atoms with Crippen molar-refractivity contribution < 1.29 is 0 Å². The summed E-state index contributed by atoms with van der Waals surface area (Å²) in [5.74, 6) is 0.829. The van der Waals surface area contributed by atoms with Gasteiger partial charge >= 0.3 is 0 Å². The summed E-state index contributed by atoms with van der Waals surface area (Å²) in [5.41, 5.74) is 1.61. The number of benzene rings is 1. The van der Waals surface area contributed by atoms with Crippen LogP contribution >= 0.6 is 23.4 Å². The summed E-state index contributed by atoms with van der Waals surface area (Å²) in [6.07, 6.45) is 1.65. The molecule has 0 N–H and O–H groups in total. The molecular weight excluding hydrogens is 252 g/mol. The Kier molecular flexibility index (Phi) is 4.03. The van der Waals surface area contributed by atoms with Crippen molar-refractivity contribution >= 4 is 23.4 Å². The van der Waals surface area contributed by atoms with Gasteiger partial charge in [0.1, 0.15) is 11.8 Å². The average molecular weight is 261 g/mol. The Balaban J connectivity index is 2.05. The second kappa shape index (κ2) is 5.72. The first-order valence-corrected chi connectivity index (χ1v) is 6.38. The fourth-order valence-corrected chi connectivity index (χ4v) is 2.43. The number of halogens is 1. The highest BCUT2D eigenvalue weighted by Gasteiger charge is 1.99. The van der Waals surface area contributed by atoms with Gasteiger partial charge in [0.25, 0.3) is 0 Å². The first-order valence-electron chi connectivity index (χ1n) is 5.01. The van der Waals surface area contributed by atoms with Crippen molar-refractivity contribution in [3.05, 3.63) is 58.9 Å². The lowest BCUT2D eigenvalue weighted by atomic mass is 10.2. The third-order valence-corrected chi connectivity index (χ3v) is 3.44. The second-order valence-corrected chi connectivity index (χ2v) is 4.89. The van der Waals surface area contributed by atoms with Gasteiger partial charge in [0.15, 0.2) is 0 Å². The van der Waals surface area contributed by atoms with E-state index in [2.05, 4.69) is 4.98 Å². The van der Waals surface area contributed by atoms with E-state index in [0.717, 1.165) is 21.2 Å². The Labute approximate surface area is 109 Å². The van der Waals surface area contributed by atoms with Crippen molar-refractivity contribution in [2.75, 3.05) is 0 Å². The van der Waals surface area contributed by atoms with Gasteiger partial charge in [-0.3, -0.25) is 0 Å². The van der Waals surface area contributed by atoms with Gasteiger partial charge in [-0.05, 0) is 29.8 Å². The van der Waals surface area contributed by atoms with E-state index >= 15 is 0 Å². The third-order valence-electron chi connectivity index (χ3n) is 2.14. The van der Waals surface area contributed by atoms with Crippen LogP contribution in [0.25, 0.3) is 0 Å². The van der Waals surface area contributed by atoms with Gasteiger partial charge in [0, 0.05) is 21.9 Å². The van der Waals surface area contributed by atoms with Gasteiger partial charge in [-0.25, -0.2) is 4.98 Å². The summed E-state index contributed by atoms with van der Waals surface area (Å²) in [7, 11) is 0. The lowest BCUT2D eigenvalue weighted by Gasteiger charge is -2.02. The Morgan fingerprint density at radius 1 is 1.29 bits per heavy atom. The molecule has 2 rings (SSSR count). The summed E-state index contributed by atoms with van der Waals surface area (Å²) < 4.78 is 0. The largest absolute Gasteiger partial charge is 0.245 e. The number of hydrogen-bond donors (Lipinski definition) is 0. The SMILES string of the molecule is N#Cc1cc(SCc2cccc(Cl)c2)ccn1. The molecule has 84 valence electrons. The van der Waals surface area contributed by atoms with Crippen LogP contribution in [0, 0.1) is 11.3 Å². The molecule has 0 aliphatic carbocycles. The second-order valence-electron chi connectivity index (χ2n) is 3.41. The van der Waals surface area contributed by atoms with Crippen molar-refractivity contribution in [2.24, 2.45) is 0 Å². The van der Waals surface area contributed by atoms with Crippen molar-refractivity contribution in [1.29, 1.82) is 5.26 Å². The van der Waals surface area contributed by atoms with E-state index in [1.54, 1.807) is 24.0 Å². The molecule has 17 heavy (non-hydrogen) atoms. The van der Waals surface area contributed by atoms with E-state index in [9.17, 15) is 0 Å². The normalized spacial score (nSPS) is 9.88. The summed E-state index contributed by atoms with van der Waals surface area (Å²) in [5, 5.41) is 9.49. The molecule has 4 heteroatoms. The molecule has 2 aromatic rings. The van der Waals surface area contributed by atoms with Crippen molar-refractivity contribution in [3.8, 4) is 6.07 Å². The zero-order chi connectivity index (χ0) is 12.1. The molecule has 0 aliphatic rings. The maximum absolute atomic E-state index is 8.74. The van der Waals surface area contributed by atoms with Crippen LogP contribution in [0.3, 0.4) is 0 Å². The van der Waals surface area contributed by atoms with E-state index in [0.29, 0.717) is 5.69 Å². The van der Waals surface area contributed by atoms with Gasteiger partial charge in [-0.1, -0.05) is 23.7 Å². The molecule has 0 bridgehead atoms. The lowest BCUT2D eigenvalue weighted by molar-refractivity contribution is 1.21. The molecule has 0 saturated carbocycles. The minimum absolute atomic E-state index is 0.445. The van der Waals surface area contributed by atoms with Gasteiger partial charge in [0.2, 0.25) is 0 Å². The van der Waals surface area contributed by atoms with E-state index in [1.165, 1.54) is 0 Å². The van der Waals surface area contributed by atoms with E-state index in [-0.39, 0.29) is 0 Å². The monoisotopic (exact) mass is 260 g/mol. The lowest BCUT2D eigenvalue weighted by Crippen LogP contribution is -1.84. The van der Waals surface area contributed by atoms with Gasteiger partial charge in [-0.2, -0.15) is 5.26 Å². The Hall–Kier alpha value is -1.50. The van der Waals surface area contributed by atoms with Crippen LogP contribution in [0.15, 0.2) is 47.5 Å². The van der Waals surface area contributed by atoms with Crippen LogP contribution in [0.5, 0.6) is 0 Å². The van der Waals surface area contributed by atoms with Crippen molar-refractivity contribution in [3.63, 3.8) is 0 Å². The Morgan fingerprint density at radius 2 is 2.18 bits per heavy atom. The number of nitriles is 1. The molecule has 1 heterocycles. The molecule has 0 amide bonds. The molecular formula is C13H9ClN2S. The molecule has 1 aromatic heterocycles. The third kappa shape index (κ3) is 3.48. The standard InChI is InChI=1S/C13H9ClN2S/c14-11-3-1-2-10(6-11)9-17-13-4-5-16-12(7-13)8-15/h1-7H,9H2. The summed E-state index contributed by atoms with van der Waals surface area (Å²) in [6.45, 7) is 0. The molecule has 2 nitrogen and oxygen atoms in total. The minimum atomic E-state index is 0.445. The highest BCUT2D eigenvalue weighted by atomic mass is 35.5. The smallest absolute Gasteiger partial charge is 0.141 e. The molecule has 0 aliphatic heterocycles. The number of rotatable bonds is 3. The number of aromatic nitrogens is 1. The van der Waals surface area contributed by atoms with Crippen LogP contribution in [0.4, 0.5) is 0 Å². The highest BCUT2D eigenvalue weighted by Crippen LogP contribution is 2.23. The maximum Gasteiger partial charge on any atom is 0.141 e. The predicted octanol–water partition coefficient (Wildman–Crippen LogP) is 3.90. The fourth-order valence-electron chi connectivity index (χ4n) is 1.36. The first-order chi connectivity index (χ1) is 8.28. The minimum Gasteiger partial charge on any atom is -0.245 e. The van der Waals surface area contributed by atoms with Crippen LogP contribution in [0.2, 0.25) is 5.02 Å². The quantitative estimate of drug-likeness (QED) is 0.786. The van der Waals surface area contributed by atoms with E-state index < -0.39 is 0 Å². The van der Waals surface area contributed by atoms with Crippen LogP contribution in [-0.4, -0.2) is 4.98 Å². The number of hydrogen-bond acceptors (Lipinski definition) is 3. The molecule has 1 aromatic carbocycles. The van der Waals surface area contributed by atoms with E-state index in [1.807, 2.05) is 36.4 Å². The number of pyridine rings is 1. The Morgan fingerprint density at radius 3 is 2.94 bits per heavy atom. The summed E-state index contributed by atoms with van der Waals surface area (Å²) in [6, 6.07) is 13.5. The van der Waals surface area contributed by atoms with Crippen molar-refractivity contribution in [2.45, 2.75) is 10.6 Å². The van der Waals surface area contributed by atoms with Crippen LogP contribution in [-0.2, 0) is 5.75 Å². The van der Waals surface area contributed by atoms with Gasteiger partial charge in [-0.15, -0.1) is 11.8 Å². The number of thioether (sulfide) groups is 1. The highest BCUT2D eigenvalue weighted by molar-refractivity contribution is 7.98. The molecule has 0 saturated heterocycles. The summed E-state index contributed by atoms with van der Waals surface area (Å²) in [4.78, 5) is 4.97. The van der Waals surface area contributed by atoms with Crippen LogP contribution < -0.4 is 0 Å². The molecule has 0 spiro atoms. The fraction of sp³-hybridized carbons (Fsp3) is 0.0769. The van der Waals surface area contributed by atoms with Gasteiger partial charge < -0.3 is 0 Å². The molecule has 0 fully saturated rings. The number of nitrogens with zero attached hydrogens (tertiary/aromatic N) is 2. The zero-order valence-corrected chi connectivity index (χ0v) is 10.5. The van der Waals surface area contributed by atoms with Crippen molar-refractivity contribution in [1.82, 2.24) is 4.98 Å². The maximum atomic E-state index is 8.74. The Bertz CT molecular complexity index is 563. The molecule has 0 atom stereocenters.